The number of pyridine rings is 1. The van der Waals surface area contributed by atoms with Crippen LogP contribution in [0.4, 0.5) is 0 Å². The lowest BCUT2D eigenvalue weighted by molar-refractivity contribution is 0.0455. The van der Waals surface area contributed by atoms with E-state index in [2.05, 4.69) is 4.98 Å². The Morgan fingerprint density at radius 2 is 2.17 bits per heavy atom. The van der Waals surface area contributed by atoms with E-state index in [1.807, 2.05) is 18.2 Å². The van der Waals surface area contributed by atoms with Gasteiger partial charge in [0.05, 0.1) is 34.6 Å². The molecular weight excluding hydrogens is 250 g/mol. The zero-order valence-corrected chi connectivity index (χ0v) is 10.3. The number of carboxylic acids is 1. The zero-order valence-electron chi connectivity index (χ0n) is 9.50. The van der Waals surface area contributed by atoms with Crippen molar-refractivity contribution in [3.05, 3.63) is 35.9 Å². The molecule has 1 aliphatic heterocycles. The topological polar surface area (TPSA) is 59.4 Å². The number of ether oxygens (including phenoxy) is 1. The van der Waals surface area contributed by atoms with E-state index >= 15 is 0 Å². The fourth-order valence-corrected chi connectivity index (χ4v) is 2.85. The summed E-state index contributed by atoms with van der Waals surface area (Å²) in [4.78, 5) is 15.8. The smallest absolute Gasteiger partial charge is 0.336 e. The van der Waals surface area contributed by atoms with Crippen LogP contribution in [0, 0.1) is 0 Å². The summed E-state index contributed by atoms with van der Waals surface area (Å²) >= 11 is 1.58. The molecule has 0 atom stereocenters. The maximum absolute atomic E-state index is 11.3. The van der Waals surface area contributed by atoms with Gasteiger partial charge in [-0.15, -0.1) is 0 Å². The van der Waals surface area contributed by atoms with E-state index < -0.39 is 5.97 Å². The van der Waals surface area contributed by atoms with Crippen LogP contribution >= 0.6 is 11.8 Å². The van der Waals surface area contributed by atoms with Gasteiger partial charge in [-0.2, -0.15) is 0 Å². The molecule has 0 saturated carbocycles. The lowest BCUT2D eigenvalue weighted by atomic mass is 10.1. The molecular formula is C13H11NO3S. The van der Waals surface area contributed by atoms with E-state index in [0.29, 0.717) is 29.4 Å². The molecule has 0 amide bonds. The quantitative estimate of drug-likeness (QED) is 0.919. The van der Waals surface area contributed by atoms with Crippen LogP contribution in [0.15, 0.2) is 35.4 Å². The first kappa shape index (κ1) is 11.5. The lowest BCUT2D eigenvalue weighted by Crippen LogP contribution is -2.30. The molecule has 0 unspecified atom stereocenters. The van der Waals surface area contributed by atoms with Gasteiger partial charge in [0.1, 0.15) is 0 Å². The van der Waals surface area contributed by atoms with Crippen molar-refractivity contribution in [1.82, 2.24) is 4.98 Å². The summed E-state index contributed by atoms with van der Waals surface area (Å²) in [5, 5.41) is 11.1. The molecule has 3 rings (SSSR count). The molecule has 92 valence electrons. The molecule has 1 aliphatic rings. The Bertz CT molecular complexity index is 610. The van der Waals surface area contributed by atoms with E-state index in [1.54, 1.807) is 23.9 Å². The van der Waals surface area contributed by atoms with E-state index in [9.17, 15) is 9.90 Å². The third-order valence-corrected chi connectivity index (χ3v) is 3.87. The van der Waals surface area contributed by atoms with Crippen molar-refractivity contribution in [2.45, 2.75) is 10.3 Å². The molecule has 2 heterocycles. The van der Waals surface area contributed by atoms with Crippen molar-refractivity contribution in [1.29, 1.82) is 0 Å². The standard InChI is InChI=1S/C13H11NO3S/c15-13(16)10-5-12(18-8-6-17-7-8)14-11-4-2-1-3-9(10)11/h1-5,8H,6-7H2,(H,15,16). The van der Waals surface area contributed by atoms with Gasteiger partial charge in [0.2, 0.25) is 0 Å². The minimum Gasteiger partial charge on any atom is -0.478 e. The van der Waals surface area contributed by atoms with Crippen molar-refractivity contribution < 1.29 is 14.6 Å². The normalized spacial score (nSPS) is 15.6. The second-order valence-electron chi connectivity index (χ2n) is 4.11. The third kappa shape index (κ3) is 2.07. The van der Waals surface area contributed by atoms with Gasteiger partial charge in [-0.25, -0.2) is 9.78 Å². The maximum atomic E-state index is 11.3. The van der Waals surface area contributed by atoms with Crippen LogP contribution in [0.25, 0.3) is 10.9 Å². The highest BCUT2D eigenvalue weighted by Crippen LogP contribution is 2.29. The Morgan fingerprint density at radius 1 is 1.39 bits per heavy atom. The number of carboxylic acid groups (broad SMARTS) is 1. The number of thioether (sulfide) groups is 1. The Kier molecular flexibility index (Phi) is 2.93. The average Bonchev–Trinajstić information content (AvgIpc) is 2.32. The molecule has 1 fully saturated rings. The molecule has 4 nitrogen and oxygen atoms in total. The highest BCUT2D eigenvalue weighted by atomic mass is 32.2. The van der Waals surface area contributed by atoms with E-state index in [1.165, 1.54) is 0 Å². The number of nitrogens with zero attached hydrogens (tertiary/aromatic N) is 1. The SMILES string of the molecule is O=C(O)c1cc(SC2COC2)nc2ccccc12. The van der Waals surface area contributed by atoms with Crippen LogP contribution in [0.1, 0.15) is 10.4 Å². The van der Waals surface area contributed by atoms with Crippen molar-refractivity contribution in [2.75, 3.05) is 13.2 Å². The molecule has 5 heteroatoms. The first-order valence-corrected chi connectivity index (χ1v) is 6.49. The summed E-state index contributed by atoms with van der Waals surface area (Å²) < 4.78 is 5.11. The van der Waals surface area contributed by atoms with Gasteiger partial charge < -0.3 is 9.84 Å². The van der Waals surface area contributed by atoms with Crippen molar-refractivity contribution in [3.8, 4) is 0 Å². The van der Waals surface area contributed by atoms with Gasteiger partial charge in [-0.3, -0.25) is 0 Å². The second kappa shape index (κ2) is 4.59. The number of fused-ring (bicyclic) bond motifs is 1. The Hall–Kier alpha value is -1.59. The number of hydrogen-bond donors (Lipinski definition) is 1. The van der Waals surface area contributed by atoms with Crippen molar-refractivity contribution in [2.24, 2.45) is 0 Å². The molecule has 1 aromatic heterocycles. The summed E-state index contributed by atoms with van der Waals surface area (Å²) in [6, 6.07) is 8.95. The number of carbonyl (C=O) groups is 1. The Morgan fingerprint density at radius 3 is 2.83 bits per heavy atom. The predicted octanol–water partition coefficient (Wildman–Crippen LogP) is 2.42. The molecule has 1 saturated heterocycles. The highest BCUT2D eigenvalue weighted by molar-refractivity contribution is 8.00. The van der Waals surface area contributed by atoms with Crippen molar-refractivity contribution in [3.63, 3.8) is 0 Å². The van der Waals surface area contributed by atoms with Gasteiger partial charge in [-0.05, 0) is 12.1 Å². The Labute approximate surface area is 108 Å². The molecule has 0 aliphatic carbocycles. The fraction of sp³-hybridized carbons (Fsp3) is 0.231. The number of hydrogen-bond acceptors (Lipinski definition) is 4. The molecule has 0 bridgehead atoms. The molecule has 0 radical (unpaired) electrons. The number of aromatic carboxylic acids is 1. The molecule has 0 spiro atoms. The minimum atomic E-state index is -0.916. The number of aromatic nitrogens is 1. The van der Waals surface area contributed by atoms with Gasteiger partial charge in [0, 0.05) is 5.39 Å². The summed E-state index contributed by atoms with van der Waals surface area (Å²) in [5.74, 6) is -0.916. The summed E-state index contributed by atoms with van der Waals surface area (Å²) in [6.45, 7) is 1.42. The van der Waals surface area contributed by atoms with E-state index in [-0.39, 0.29) is 0 Å². The van der Waals surface area contributed by atoms with Crippen molar-refractivity contribution >= 4 is 28.6 Å². The van der Waals surface area contributed by atoms with E-state index in [0.717, 1.165) is 10.5 Å². The van der Waals surface area contributed by atoms with Crippen LogP contribution < -0.4 is 0 Å². The van der Waals surface area contributed by atoms with Gasteiger partial charge in [0.15, 0.2) is 0 Å². The first-order chi connectivity index (χ1) is 8.74. The van der Waals surface area contributed by atoms with Crippen LogP contribution in [0.2, 0.25) is 0 Å². The van der Waals surface area contributed by atoms with E-state index in [4.69, 9.17) is 4.74 Å². The van der Waals surface area contributed by atoms with Crippen LogP contribution in [-0.2, 0) is 4.74 Å². The van der Waals surface area contributed by atoms with Crippen LogP contribution in [0.5, 0.6) is 0 Å². The third-order valence-electron chi connectivity index (χ3n) is 2.82. The Balaban J connectivity index is 2.07. The number of rotatable bonds is 3. The van der Waals surface area contributed by atoms with Crippen LogP contribution in [-0.4, -0.2) is 34.5 Å². The lowest BCUT2D eigenvalue weighted by Gasteiger charge is -2.24. The van der Waals surface area contributed by atoms with Gasteiger partial charge >= 0.3 is 5.97 Å². The number of para-hydroxylation sites is 1. The average molecular weight is 261 g/mol. The maximum Gasteiger partial charge on any atom is 0.336 e. The molecule has 2 aromatic rings. The minimum absolute atomic E-state index is 0.309. The largest absolute Gasteiger partial charge is 0.478 e. The first-order valence-electron chi connectivity index (χ1n) is 5.61. The summed E-state index contributed by atoms with van der Waals surface area (Å²) in [6.07, 6.45) is 0. The zero-order chi connectivity index (χ0) is 12.5. The van der Waals surface area contributed by atoms with Crippen LogP contribution in [0.3, 0.4) is 0 Å². The highest BCUT2D eigenvalue weighted by Gasteiger charge is 2.21. The summed E-state index contributed by atoms with van der Waals surface area (Å²) in [5.41, 5.74) is 1.03. The predicted molar refractivity (Wildman–Crippen MR) is 69.2 cm³/mol. The molecule has 1 aromatic carbocycles. The number of benzene rings is 1. The molecule has 1 N–H and O–H groups in total. The summed E-state index contributed by atoms with van der Waals surface area (Å²) in [7, 11) is 0. The molecule has 18 heavy (non-hydrogen) atoms. The van der Waals surface area contributed by atoms with Gasteiger partial charge in [-0.1, -0.05) is 30.0 Å². The van der Waals surface area contributed by atoms with Gasteiger partial charge in [0.25, 0.3) is 0 Å². The monoisotopic (exact) mass is 261 g/mol. The second-order valence-corrected chi connectivity index (χ2v) is 5.43. The fourth-order valence-electron chi connectivity index (χ4n) is 1.84.